The molecule has 0 spiro atoms. The Kier molecular flexibility index (Phi) is 4.06. The summed E-state index contributed by atoms with van der Waals surface area (Å²) in [6.07, 6.45) is 6.31. The van der Waals surface area contributed by atoms with E-state index in [1.165, 1.54) is 25.7 Å². The van der Waals surface area contributed by atoms with Crippen LogP contribution in [0, 0.1) is 11.8 Å². The van der Waals surface area contributed by atoms with Crippen LogP contribution in [-0.4, -0.2) is 33.1 Å². The number of nitrogens with one attached hydrogen (secondary N) is 2. The number of aromatic amines is 1. The van der Waals surface area contributed by atoms with Crippen molar-refractivity contribution in [2.24, 2.45) is 11.8 Å². The molecule has 1 aliphatic rings. The SMILES string of the molecule is CC1CCCC(CCNC(=O)c2nn[nH]n2)C1. The molecule has 6 heteroatoms. The summed E-state index contributed by atoms with van der Waals surface area (Å²) in [7, 11) is 0. The molecule has 6 nitrogen and oxygen atoms in total. The largest absolute Gasteiger partial charge is 0.349 e. The van der Waals surface area contributed by atoms with Crippen LogP contribution in [0.1, 0.15) is 49.6 Å². The van der Waals surface area contributed by atoms with Crippen molar-refractivity contribution in [2.45, 2.75) is 39.0 Å². The minimum atomic E-state index is -0.248. The summed E-state index contributed by atoms with van der Waals surface area (Å²) in [5.74, 6) is 1.45. The van der Waals surface area contributed by atoms with Gasteiger partial charge >= 0.3 is 0 Å². The van der Waals surface area contributed by atoms with Gasteiger partial charge in [-0.15, -0.1) is 10.2 Å². The number of carbonyl (C=O) groups is 1. The van der Waals surface area contributed by atoms with E-state index in [0.29, 0.717) is 6.54 Å². The van der Waals surface area contributed by atoms with Crippen molar-refractivity contribution in [2.75, 3.05) is 6.54 Å². The molecule has 94 valence electrons. The molecule has 1 amide bonds. The molecule has 2 N–H and O–H groups in total. The van der Waals surface area contributed by atoms with Crippen molar-refractivity contribution in [1.29, 1.82) is 0 Å². The van der Waals surface area contributed by atoms with Crippen LogP contribution >= 0.6 is 0 Å². The summed E-state index contributed by atoms with van der Waals surface area (Å²) in [6, 6.07) is 0. The fourth-order valence-corrected chi connectivity index (χ4v) is 2.55. The van der Waals surface area contributed by atoms with Gasteiger partial charge in [-0.05, 0) is 29.9 Å². The highest BCUT2D eigenvalue weighted by molar-refractivity contribution is 5.89. The standard InChI is InChI=1S/C11H19N5O/c1-8-3-2-4-9(7-8)5-6-12-11(17)10-13-15-16-14-10/h8-9H,2-7H2,1H3,(H,12,17)(H,13,14,15,16). The summed E-state index contributed by atoms with van der Waals surface area (Å²) in [5.41, 5.74) is 0. The lowest BCUT2D eigenvalue weighted by Gasteiger charge is -2.26. The van der Waals surface area contributed by atoms with Gasteiger partial charge in [-0.2, -0.15) is 5.21 Å². The molecule has 1 heterocycles. The lowest BCUT2D eigenvalue weighted by molar-refractivity contribution is 0.0939. The first-order chi connectivity index (χ1) is 8.25. The van der Waals surface area contributed by atoms with E-state index >= 15 is 0 Å². The monoisotopic (exact) mass is 237 g/mol. The van der Waals surface area contributed by atoms with Crippen LogP contribution < -0.4 is 5.32 Å². The van der Waals surface area contributed by atoms with Crippen LogP contribution in [0.4, 0.5) is 0 Å². The van der Waals surface area contributed by atoms with Crippen molar-refractivity contribution >= 4 is 5.91 Å². The second-order valence-electron chi connectivity index (χ2n) is 4.92. The Labute approximate surface area is 101 Å². The van der Waals surface area contributed by atoms with Gasteiger partial charge in [0.25, 0.3) is 11.7 Å². The molecule has 2 atom stereocenters. The smallest absolute Gasteiger partial charge is 0.292 e. The van der Waals surface area contributed by atoms with Gasteiger partial charge in [0.15, 0.2) is 0 Å². The van der Waals surface area contributed by atoms with E-state index in [2.05, 4.69) is 32.9 Å². The minimum absolute atomic E-state index is 0.113. The van der Waals surface area contributed by atoms with Gasteiger partial charge in [-0.3, -0.25) is 4.79 Å². The summed E-state index contributed by atoms with van der Waals surface area (Å²) in [5, 5.41) is 15.7. The molecular formula is C11H19N5O. The van der Waals surface area contributed by atoms with Gasteiger partial charge in [0.05, 0.1) is 0 Å². The van der Waals surface area contributed by atoms with Gasteiger partial charge < -0.3 is 5.32 Å². The molecule has 1 saturated carbocycles. The number of hydrogen-bond donors (Lipinski definition) is 2. The van der Waals surface area contributed by atoms with Crippen molar-refractivity contribution in [3.05, 3.63) is 5.82 Å². The average Bonchev–Trinajstić information content (AvgIpc) is 2.82. The summed E-state index contributed by atoms with van der Waals surface area (Å²) >= 11 is 0. The van der Waals surface area contributed by atoms with Crippen LogP contribution in [0.2, 0.25) is 0 Å². The zero-order valence-corrected chi connectivity index (χ0v) is 10.1. The van der Waals surface area contributed by atoms with E-state index in [0.717, 1.165) is 18.3 Å². The van der Waals surface area contributed by atoms with E-state index in [9.17, 15) is 4.79 Å². The molecule has 1 aromatic heterocycles. The number of H-pyrrole nitrogens is 1. The molecule has 1 aromatic rings. The molecule has 0 aromatic carbocycles. The Balaban J connectivity index is 1.67. The number of amides is 1. The Hall–Kier alpha value is -1.46. The van der Waals surface area contributed by atoms with Gasteiger partial charge in [0, 0.05) is 6.54 Å². The lowest BCUT2D eigenvalue weighted by Crippen LogP contribution is -2.28. The second kappa shape index (κ2) is 5.75. The third kappa shape index (κ3) is 3.51. The zero-order valence-electron chi connectivity index (χ0n) is 10.1. The topological polar surface area (TPSA) is 83.6 Å². The number of nitrogens with zero attached hydrogens (tertiary/aromatic N) is 3. The number of aromatic nitrogens is 4. The summed E-state index contributed by atoms with van der Waals surface area (Å²) in [4.78, 5) is 11.5. The molecular weight excluding hydrogens is 218 g/mol. The first-order valence-electron chi connectivity index (χ1n) is 6.27. The van der Waals surface area contributed by atoms with Gasteiger partial charge in [0.2, 0.25) is 0 Å². The van der Waals surface area contributed by atoms with Crippen molar-refractivity contribution < 1.29 is 4.79 Å². The van der Waals surface area contributed by atoms with Crippen LogP contribution in [0.15, 0.2) is 0 Å². The predicted molar refractivity (Wildman–Crippen MR) is 62.2 cm³/mol. The molecule has 0 aliphatic heterocycles. The van der Waals surface area contributed by atoms with E-state index in [1.54, 1.807) is 0 Å². The normalized spacial score (nSPS) is 24.5. The highest BCUT2D eigenvalue weighted by atomic mass is 16.2. The maximum Gasteiger partial charge on any atom is 0.292 e. The highest BCUT2D eigenvalue weighted by Crippen LogP contribution is 2.30. The number of rotatable bonds is 4. The first-order valence-corrected chi connectivity index (χ1v) is 6.27. The van der Waals surface area contributed by atoms with Crippen LogP contribution in [0.25, 0.3) is 0 Å². The fraction of sp³-hybridized carbons (Fsp3) is 0.818. The van der Waals surface area contributed by atoms with Crippen molar-refractivity contribution in [1.82, 2.24) is 25.9 Å². The molecule has 1 fully saturated rings. The molecule has 17 heavy (non-hydrogen) atoms. The molecule has 0 bridgehead atoms. The van der Waals surface area contributed by atoms with Crippen molar-refractivity contribution in [3.63, 3.8) is 0 Å². The van der Waals surface area contributed by atoms with E-state index < -0.39 is 0 Å². The van der Waals surface area contributed by atoms with Crippen LogP contribution in [0.3, 0.4) is 0 Å². The maximum absolute atomic E-state index is 11.5. The number of carbonyl (C=O) groups excluding carboxylic acids is 1. The van der Waals surface area contributed by atoms with E-state index in [-0.39, 0.29) is 11.7 Å². The summed E-state index contributed by atoms with van der Waals surface area (Å²) in [6.45, 7) is 3.01. The van der Waals surface area contributed by atoms with Crippen molar-refractivity contribution in [3.8, 4) is 0 Å². The van der Waals surface area contributed by atoms with E-state index in [4.69, 9.17) is 0 Å². The number of tetrazole rings is 1. The minimum Gasteiger partial charge on any atom is -0.349 e. The Morgan fingerprint density at radius 1 is 1.53 bits per heavy atom. The molecule has 2 rings (SSSR count). The lowest BCUT2D eigenvalue weighted by atomic mass is 9.81. The molecule has 0 radical (unpaired) electrons. The quantitative estimate of drug-likeness (QED) is 0.822. The van der Waals surface area contributed by atoms with Crippen LogP contribution in [0.5, 0.6) is 0 Å². The number of hydrogen-bond acceptors (Lipinski definition) is 4. The third-order valence-corrected chi connectivity index (χ3v) is 3.43. The first kappa shape index (κ1) is 12.0. The zero-order chi connectivity index (χ0) is 12.1. The molecule has 1 aliphatic carbocycles. The summed E-state index contributed by atoms with van der Waals surface area (Å²) < 4.78 is 0. The van der Waals surface area contributed by atoms with Gasteiger partial charge in [-0.1, -0.05) is 26.2 Å². The fourth-order valence-electron chi connectivity index (χ4n) is 2.55. The Morgan fingerprint density at radius 3 is 3.12 bits per heavy atom. The van der Waals surface area contributed by atoms with Crippen LogP contribution in [-0.2, 0) is 0 Å². The average molecular weight is 237 g/mol. The molecule has 0 saturated heterocycles. The van der Waals surface area contributed by atoms with Gasteiger partial charge in [0.1, 0.15) is 0 Å². The Bertz CT molecular complexity index is 351. The third-order valence-electron chi connectivity index (χ3n) is 3.43. The Morgan fingerprint density at radius 2 is 2.41 bits per heavy atom. The highest BCUT2D eigenvalue weighted by Gasteiger charge is 2.19. The predicted octanol–water partition coefficient (Wildman–Crippen LogP) is 1.15. The second-order valence-corrected chi connectivity index (χ2v) is 4.92. The van der Waals surface area contributed by atoms with Gasteiger partial charge in [-0.25, -0.2) is 0 Å². The van der Waals surface area contributed by atoms with E-state index in [1.807, 2.05) is 0 Å². The maximum atomic E-state index is 11.5. The molecule has 2 unspecified atom stereocenters.